The minimum Gasteiger partial charge on any atom is -0.342 e. The molecule has 1 aromatic rings. The molecule has 1 amide bonds. The van der Waals surface area contributed by atoms with E-state index in [1.165, 1.54) is 5.56 Å². The van der Waals surface area contributed by atoms with Crippen molar-refractivity contribution < 1.29 is 4.79 Å². The number of amides is 1. The van der Waals surface area contributed by atoms with E-state index in [9.17, 15) is 4.79 Å². The van der Waals surface area contributed by atoms with Crippen molar-refractivity contribution in [3.63, 3.8) is 0 Å². The highest BCUT2D eigenvalue weighted by Gasteiger charge is 2.16. The van der Waals surface area contributed by atoms with Crippen molar-refractivity contribution in [2.45, 2.75) is 19.3 Å². The normalized spacial score (nSPS) is 15.1. The number of likely N-dealkylation sites (tertiary alicyclic amines) is 1. The Hall–Kier alpha value is -1.06. The van der Waals surface area contributed by atoms with Gasteiger partial charge >= 0.3 is 0 Å². The molecule has 0 atom stereocenters. The van der Waals surface area contributed by atoms with Gasteiger partial charge in [0, 0.05) is 18.1 Å². The maximum atomic E-state index is 11.8. The van der Waals surface area contributed by atoms with Crippen LogP contribution in [-0.4, -0.2) is 37.0 Å². The predicted molar refractivity (Wildman–Crippen MR) is 73.8 cm³/mol. The summed E-state index contributed by atoms with van der Waals surface area (Å²) in [4.78, 5) is 13.7. The van der Waals surface area contributed by atoms with Crippen LogP contribution in [0, 0.1) is 0 Å². The Morgan fingerprint density at radius 2 is 2.11 bits per heavy atom. The van der Waals surface area contributed by atoms with Gasteiger partial charge in [0.1, 0.15) is 0 Å². The summed E-state index contributed by atoms with van der Waals surface area (Å²) < 4.78 is 0. The van der Waals surface area contributed by atoms with Crippen LogP contribution in [0.25, 0.3) is 0 Å². The fourth-order valence-corrected chi connectivity index (χ4v) is 2.41. The average Bonchev–Trinajstić information content (AvgIpc) is 2.88. The van der Waals surface area contributed by atoms with E-state index >= 15 is 0 Å². The summed E-state index contributed by atoms with van der Waals surface area (Å²) in [6.07, 6.45) is 3.19. The Morgan fingerprint density at radius 3 is 2.83 bits per heavy atom. The van der Waals surface area contributed by atoms with Crippen LogP contribution in [0.15, 0.2) is 24.3 Å². The lowest BCUT2D eigenvalue weighted by Crippen LogP contribution is -2.36. The molecule has 1 heterocycles. The minimum absolute atomic E-state index is 0.221. The molecule has 1 saturated heterocycles. The van der Waals surface area contributed by atoms with Gasteiger partial charge in [-0.05, 0) is 43.5 Å². The second kappa shape index (κ2) is 6.76. The Balaban J connectivity index is 1.65. The van der Waals surface area contributed by atoms with Gasteiger partial charge in [0.05, 0.1) is 6.54 Å². The SMILES string of the molecule is O=C(CNCCc1cccc(Cl)c1)N1CCCC1. The summed E-state index contributed by atoms with van der Waals surface area (Å²) in [6, 6.07) is 7.84. The van der Waals surface area contributed by atoms with Crippen LogP contribution in [0.3, 0.4) is 0 Å². The van der Waals surface area contributed by atoms with Gasteiger partial charge in [0.25, 0.3) is 0 Å². The lowest BCUT2D eigenvalue weighted by molar-refractivity contribution is -0.129. The van der Waals surface area contributed by atoms with E-state index in [1.54, 1.807) is 0 Å². The number of halogens is 1. The van der Waals surface area contributed by atoms with Crippen molar-refractivity contribution in [3.8, 4) is 0 Å². The lowest BCUT2D eigenvalue weighted by Gasteiger charge is -2.15. The van der Waals surface area contributed by atoms with E-state index in [-0.39, 0.29) is 5.91 Å². The average molecular weight is 267 g/mol. The van der Waals surface area contributed by atoms with Crippen LogP contribution in [0.1, 0.15) is 18.4 Å². The number of nitrogens with one attached hydrogen (secondary N) is 1. The van der Waals surface area contributed by atoms with Gasteiger partial charge in [-0.3, -0.25) is 4.79 Å². The van der Waals surface area contributed by atoms with Gasteiger partial charge < -0.3 is 10.2 Å². The van der Waals surface area contributed by atoms with Crippen molar-refractivity contribution in [2.75, 3.05) is 26.2 Å². The molecule has 1 aromatic carbocycles. The van der Waals surface area contributed by atoms with Gasteiger partial charge in [-0.15, -0.1) is 0 Å². The van der Waals surface area contributed by atoms with Crippen molar-refractivity contribution in [1.82, 2.24) is 10.2 Å². The van der Waals surface area contributed by atoms with Crippen molar-refractivity contribution in [1.29, 1.82) is 0 Å². The van der Waals surface area contributed by atoms with E-state index in [2.05, 4.69) is 11.4 Å². The second-order valence-electron chi connectivity index (χ2n) is 4.64. The highest BCUT2D eigenvalue weighted by Crippen LogP contribution is 2.10. The molecule has 0 radical (unpaired) electrons. The molecular weight excluding hydrogens is 248 g/mol. The monoisotopic (exact) mass is 266 g/mol. The summed E-state index contributed by atoms with van der Waals surface area (Å²) in [5.41, 5.74) is 1.20. The zero-order valence-corrected chi connectivity index (χ0v) is 11.2. The molecule has 3 nitrogen and oxygen atoms in total. The molecule has 1 N–H and O–H groups in total. The van der Waals surface area contributed by atoms with Crippen molar-refractivity contribution in [3.05, 3.63) is 34.9 Å². The van der Waals surface area contributed by atoms with Crippen LogP contribution in [-0.2, 0) is 11.2 Å². The zero-order chi connectivity index (χ0) is 12.8. The highest BCUT2D eigenvalue weighted by atomic mass is 35.5. The topological polar surface area (TPSA) is 32.3 Å². The summed E-state index contributed by atoms with van der Waals surface area (Å²) >= 11 is 5.91. The van der Waals surface area contributed by atoms with Gasteiger partial charge in [-0.1, -0.05) is 23.7 Å². The molecule has 0 spiro atoms. The first kappa shape index (κ1) is 13.4. The van der Waals surface area contributed by atoms with Crippen molar-refractivity contribution in [2.24, 2.45) is 0 Å². The molecule has 1 aliphatic heterocycles. The maximum Gasteiger partial charge on any atom is 0.236 e. The number of hydrogen-bond donors (Lipinski definition) is 1. The minimum atomic E-state index is 0.221. The van der Waals surface area contributed by atoms with Gasteiger partial charge in [0.2, 0.25) is 5.91 Å². The molecule has 0 aromatic heterocycles. The molecule has 18 heavy (non-hydrogen) atoms. The third-order valence-electron chi connectivity index (χ3n) is 3.21. The first-order valence-corrected chi connectivity index (χ1v) is 6.86. The molecule has 0 saturated carbocycles. The predicted octanol–water partition coefficient (Wildman–Crippen LogP) is 2.09. The number of rotatable bonds is 5. The largest absolute Gasteiger partial charge is 0.342 e. The van der Waals surface area contributed by atoms with Crippen LogP contribution >= 0.6 is 11.6 Å². The molecule has 4 heteroatoms. The number of hydrogen-bond acceptors (Lipinski definition) is 2. The summed E-state index contributed by atoms with van der Waals surface area (Å²) in [7, 11) is 0. The van der Waals surface area contributed by atoms with Crippen molar-refractivity contribution >= 4 is 17.5 Å². The first-order chi connectivity index (χ1) is 8.75. The molecule has 0 bridgehead atoms. The Bertz CT molecular complexity index is 403. The third-order valence-corrected chi connectivity index (χ3v) is 3.45. The van der Waals surface area contributed by atoms with Crippen LogP contribution in [0.2, 0.25) is 5.02 Å². The fourth-order valence-electron chi connectivity index (χ4n) is 2.20. The van der Waals surface area contributed by atoms with Gasteiger partial charge in [-0.2, -0.15) is 0 Å². The Kier molecular flexibility index (Phi) is 5.02. The molecule has 1 aliphatic rings. The van der Waals surface area contributed by atoms with Gasteiger partial charge in [-0.25, -0.2) is 0 Å². The van der Waals surface area contributed by atoms with E-state index in [4.69, 9.17) is 11.6 Å². The summed E-state index contributed by atoms with van der Waals surface area (Å²) in [6.45, 7) is 3.10. The molecule has 2 rings (SSSR count). The van der Waals surface area contributed by atoms with E-state index in [0.717, 1.165) is 43.9 Å². The quantitative estimate of drug-likeness (QED) is 0.828. The number of carbonyl (C=O) groups is 1. The maximum absolute atomic E-state index is 11.8. The smallest absolute Gasteiger partial charge is 0.236 e. The van der Waals surface area contributed by atoms with Crippen LogP contribution in [0.5, 0.6) is 0 Å². The number of nitrogens with zero attached hydrogens (tertiary/aromatic N) is 1. The van der Waals surface area contributed by atoms with E-state index < -0.39 is 0 Å². The molecule has 98 valence electrons. The third kappa shape index (κ3) is 4.00. The van der Waals surface area contributed by atoms with E-state index in [0.29, 0.717) is 6.54 Å². The number of carbonyl (C=O) groups excluding carboxylic acids is 1. The lowest BCUT2D eigenvalue weighted by atomic mass is 10.1. The van der Waals surface area contributed by atoms with E-state index in [1.807, 2.05) is 23.1 Å². The van der Waals surface area contributed by atoms with Crippen LogP contribution < -0.4 is 5.32 Å². The Morgan fingerprint density at radius 1 is 1.33 bits per heavy atom. The Labute approximate surface area is 113 Å². The molecule has 0 unspecified atom stereocenters. The molecular formula is C14H19ClN2O. The summed E-state index contributed by atoms with van der Waals surface area (Å²) in [5.74, 6) is 0.221. The number of benzene rings is 1. The fraction of sp³-hybridized carbons (Fsp3) is 0.500. The first-order valence-electron chi connectivity index (χ1n) is 6.48. The zero-order valence-electron chi connectivity index (χ0n) is 10.5. The standard InChI is InChI=1S/C14H19ClN2O/c15-13-5-3-4-12(10-13)6-7-16-11-14(18)17-8-1-2-9-17/h3-5,10,16H,1-2,6-9,11H2. The molecule has 1 fully saturated rings. The van der Waals surface area contributed by atoms with Gasteiger partial charge in [0.15, 0.2) is 0 Å². The highest BCUT2D eigenvalue weighted by molar-refractivity contribution is 6.30. The molecule has 0 aliphatic carbocycles. The van der Waals surface area contributed by atoms with Crippen LogP contribution in [0.4, 0.5) is 0 Å². The second-order valence-corrected chi connectivity index (χ2v) is 5.08. The summed E-state index contributed by atoms with van der Waals surface area (Å²) in [5, 5.41) is 3.96.